The minimum Gasteiger partial charge on any atom is -0.465 e. The van der Waals surface area contributed by atoms with Gasteiger partial charge in [0, 0.05) is 40.1 Å². The van der Waals surface area contributed by atoms with Crippen LogP contribution in [-0.2, 0) is 4.79 Å². The van der Waals surface area contributed by atoms with Crippen molar-refractivity contribution < 1.29 is 14.7 Å². The molecule has 3 aromatic rings. The number of carboxylic acid groups (broad SMARTS) is 1. The Balaban J connectivity index is 1.69. The molecule has 6 nitrogen and oxygen atoms in total. The Morgan fingerprint density at radius 3 is 2.50 bits per heavy atom. The number of amides is 2. The van der Waals surface area contributed by atoms with Gasteiger partial charge in [0.05, 0.1) is 22.1 Å². The molecule has 0 spiro atoms. The van der Waals surface area contributed by atoms with Gasteiger partial charge in [0.1, 0.15) is 0 Å². The third kappa shape index (κ3) is 4.83. The van der Waals surface area contributed by atoms with Crippen LogP contribution >= 0.6 is 23.1 Å². The van der Waals surface area contributed by atoms with E-state index in [4.69, 9.17) is 10.1 Å². The number of hydrogen-bond acceptors (Lipinski definition) is 5. The zero-order valence-corrected chi connectivity index (χ0v) is 21.6. The summed E-state index contributed by atoms with van der Waals surface area (Å²) in [6.07, 6.45) is -1.01. The number of thiazole rings is 1. The van der Waals surface area contributed by atoms with E-state index in [9.17, 15) is 9.59 Å². The van der Waals surface area contributed by atoms with Gasteiger partial charge in [-0.1, -0.05) is 57.7 Å². The molecule has 8 heteroatoms. The maximum atomic E-state index is 12.6. The Morgan fingerprint density at radius 2 is 1.82 bits per heavy atom. The summed E-state index contributed by atoms with van der Waals surface area (Å²) in [6, 6.07) is 14.1. The minimum absolute atomic E-state index is 0.0299. The number of aromatic nitrogens is 1. The second kappa shape index (κ2) is 9.43. The number of rotatable bonds is 5. The van der Waals surface area contributed by atoms with Crippen molar-refractivity contribution in [2.45, 2.75) is 50.3 Å². The van der Waals surface area contributed by atoms with Crippen molar-refractivity contribution in [3.8, 4) is 11.3 Å². The van der Waals surface area contributed by atoms with E-state index in [-0.39, 0.29) is 23.2 Å². The predicted octanol–water partition coefficient (Wildman–Crippen LogP) is 6.99. The molecule has 2 amide bonds. The number of benzene rings is 2. The molecule has 0 radical (unpaired) electrons. The number of hydrogen-bond donors (Lipinski definition) is 2. The highest BCUT2D eigenvalue weighted by molar-refractivity contribution is 7.99. The average molecular weight is 496 g/mol. The van der Waals surface area contributed by atoms with E-state index in [2.05, 4.69) is 50.5 Å². The lowest BCUT2D eigenvalue weighted by atomic mass is 9.74. The molecule has 34 heavy (non-hydrogen) atoms. The van der Waals surface area contributed by atoms with Gasteiger partial charge in [-0.25, -0.2) is 9.78 Å². The van der Waals surface area contributed by atoms with E-state index >= 15 is 0 Å². The van der Waals surface area contributed by atoms with Crippen LogP contribution in [0.15, 0.2) is 57.6 Å². The first-order chi connectivity index (χ1) is 16.1. The highest BCUT2D eigenvalue weighted by atomic mass is 32.2. The first kappa shape index (κ1) is 24.3. The number of para-hydroxylation sites is 1. The van der Waals surface area contributed by atoms with Crippen LogP contribution in [0, 0.1) is 11.3 Å². The third-order valence-corrected chi connectivity index (χ3v) is 8.06. The molecule has 2 heterocycles. The molecule has 2 unspecified atom stereocenters. The van der Waals surface area contributed by atoms with E-state index in [1.165, 1.54) is 0 Å². The van der Waals surface area contributed by atoms with E-state index in [1.54, 1.807) is 34.9 Å². The summed E-state index contributed by atoms with van der Waals surface area (Å²) >= 11 is 3.27. The number of nitrogens with one attached hydrogen (secondary N) is 1. The lowest BCUT2D eigenvalue weighted by Gasteiger charge is -2.34. The van der Waals surface area contributed by atoms with Crippen LogP contribution in [0.5, 0.6) is 0 Å². The average Bonchev–Trinajstić information content (AvgIpc) is 3.23. The van der Waals surface area contributed by atoms with Crippen molar-refractivity contribution in [2.75, 3.05) is 11.4 Å². The molecule has 1 aliphatic heterocycles. The predicted molar refractivity (Wildman–Crippen MR) is 138 cm³/mol. The molecule has 178 valence electrons. The lowest BCUT2D eigenvalue weighted by molar-refractivity contribution is -0.115. The minimum atomic E-state index is -1.01. The third-order valence-electron chi connectivity index (χ3n) is 6.00. The summed E-state index contributed by atoms with van der Waals surface area (Å²) in [6.45, 7) is 10.5. The van der Waals surface area contributed by atoms with Gasteiger partial charge in [0.25, 0.3) is 0 Å². The van der Waals surface area contributed by atoms with Gasteiger partial charge in [-0.2, -0.15) is 0 Å². The largest absolute Gasteiger partial charge is 0.465 e. The van der Waals surface area contributed by atoms with Crippen LogP contribution in [0.2, 0.25) is 0 Å². The van der Waals surface area contributed by atoms with Crippen molar-refractivity contribution in [3.63, 3.8) is 0 Å². The smallest absolute Gasteiger partial charge is 0.404 e. The molecule has 1 aromatic heterocycles. The Morgan fingerprint density at radius 1 is 1.12 bits per heavy atom. The zero-order valence-electron chi connectivity index (χ0n) is 20.0. The monoisotopic (exact) mass is 495 g/mol. The molecule has 0 bridgehead atoms. The molecule has 2 atom stereocenters. The quantitative estimate of drug-likeness (QED) is 0.398. The van der Waals surface area contributed by atoms with Gasteiger partial charge < -0.3 is 10.4 Å². The van der Waals surface area contributed by atoms with Crippen molar-refractivity contribution in [1.82, 2.24) is 10.3 Å². The Kier molecular flexibility index (Phi) is 6.73. The molecule has 0 saturated heterocycles. The summed E-state index contributed by atoms with van der Waals surface area (Å²) in [5.74, 6) is 0.143. The first-order valence-electron chi connectivity index (χ1n) is 11.2. The molecule has 0 saturated carbocycles. The molecule has 4 rings (SSSR count). The SMILES string of the molecule is CC(=O)N1c2ccccc2Sc2ccc(-c3csc(C(C(C)CNC(=O)O)C(C)(C)C)n3)cc21. The van der Waals surface area contributed by atoms with E-state index < -0.39 is 6.09 Å². The second-order valence-electron chi connectivity index (χ2n) is 9.68. The number of fused-ring (bicyclic) bond motifs is 2. The molecular weight excluding hydrogens is 466 g/mol. The molecular formula is C26H29N3O3S2. The summed E-state index contributed by atoms with van der Waals surface area (Å²) in [4.78, 5) is 32.5. The normalized spacial score (nSPS) is 14.7. The fraction of sp³-hybridized carbons (Fsp3) is 0.346. The van der Waals surface area contributed by atoms with Gasteiger partial charge in [-0.05, 0) is 35.6 Å². The van der Waals surface area contributed by atoms with Gasteiger partial charge in [-0.15, -0.1) is 11.3 Å². The van der Waals surface area contributed by atoms with Crippen LogP contribution in [0.4, 0.5) is 16.2 Å². The van der Waals surface area contributed by atoms with Crippen LogP contribution in [0.25, 0.3) is 11.3 Å². The van der Waals surface area contributed by atoms with E-state index in [1.807, 2.05) is 30.3 Å². The second-order valence-corrected chi connectivity index (χ2v) is 11.7. The summed E-state index contributed by atoms with van der Waals surface area (Å²) in [5.41, 5.74) is 3.50. The molecule has 0 fully saturated rings. The van der Waals surface area contributed by atoms with E-state index in [0.717, 1.165) is 37.4 Å². The van der Waals surface area contributed by atoms with Crippen LogP contribution in [0.1, 0.15) is 45.5 Å². The Labute approximate surface area is 208 Å². The summed E-state index contributed by atoms with van der Waals surface area (Å²) in [7, 11) is 0. The van der Waals surface area contributed by atoms with Crippen molar-refractivity contribution in [1.29, 1.82) is 0 Å². The van der Waals surface area contributed by atoms with Crippen LogP contribution < -0.4 is 10.2 Å². The molecule has 0 aliphatic carbocycles. The van der Waals surface area contributed by atoms with Crippen molar-refractivity contribution >= 4 is 46.5 Å². The van der Waals surface area contributed by atoms with Gasteiger partial charge in [-0.3, -0.25) is 9.69 Å². The van der Waals surface area contributed by atoms with Crippen molar-refractivity contribution in [3.05, 3.63) is 52.9 Å². The van der Waals surface area contributed by atoms with Gasteiger partial charge in [0.15, 0.2) is 0 Å². The summed E-state index contributed by atoms with van der Waals surface area (Å²) < 4.78 is 0. The number of anilines is 2. The number of carbonyl (C=O) groups is 2. The fourth-order valence-electron chi connectivity index (χ4n) is 4.65. The maximum absolute atomic E-state index is 12.6. The lowest BCUT2D eigenvalue weighted by Crippen LogP contribution is -2.34. The number of nitrogens with zero attached hydrogens (tertiary/aromatic N) is 2. The zero-order chi connectivity index (χ0) is 24.6. The fourth-order valence-corrected chi connectivity index (χ4v) is 6.99. The highest BCUT2D eigenvalue weighted by Crippen LogP contribution is 2.49. The first-order valence-corrected chi connectivity index (χ1v) is 12.9. The molecule has 2 N–H and O–H groups in total. The van der Waals surface area contributed by atoms with Gasteiger partial charge in [0.2, 0.25) is 5.91 Å². The molecule has 2 aromatic carbocycles. The Bertz CT molecular complexity index is 1230. The van der Waals surface area contributed by atoms with Crippen LogP contribution in [0.3, 0.4) is 0 Å². The van der Waals surface area contributed by atoms with E-state index in [0.29, 0.717) is 6.54 Å². The molecule has 1 aliphatic rings. The summed E-state index contributed by atoms with van der Waals surface area (Å²) in [5, 5.41) is 14.6. The van der Waals surface area contributed by atoms with Crippen LogP contribution in [-0.4, -0.2) is 28.6 Å². The highest BCUT2D eigenvalue weighted by Gasteiger charge is 2.34. The standard InChI is InChI=1S/C26H29N3O3S2/c1-15(13-27-25(31)32)23(26(3,4)5)24-28-18(14-33-24)17-10-11-22-20(12-17)29(16(2)30)19-8-6-7-9-21(19)34-22/h6-12,14-15,23,27H,13H2,1-5H3,(H,31,32). The van der Waals surface area contributed by atoms with Gasteiger partial charge >= 0.3 is 6.09 Å². The van der Waals surface area contributed by atoms with Crippen molar-refractivity contribution in [2.24, 2.45) is 11.3 Å². The number of carbonyl (C=O) groups excluding carboxylic acids is 1. The Hall–Kier alpha value is -2.84. The topological polar surface area (TPSA) is 82.5 Å². The maximum Gasteiger partial charge on any atom is 0.404 e.